The number of para-hydroxylation sites is 1. The molecule has 1 amide bonds. The monoisotopic (exact) mass is 249 g/mol. The molecular formula is C14H19NO3. The largest absolute Gasteiger partial charge is 0.492 e. The van der Waals surface area contributed by atoms with Crippen LogP contribution in [0, 0.1) is 5.92 Å². The van der Waals surface area contributed by atoms with E-state index in [9.17, 15) is 4.79 Å². The van der Waals surface area contributed by atoms with Gasteiger partial charge in [-0.15, -0.1) is 0 Å². The molecule has 2 atom stereocenters. The minimum Gasteiger partial charge on any atom is -0.492 e. The Balaban J connectivity index is 1.87. The summed E-state index contributed by atoms with van der Waals surface area (Å²) in [5.74, 6) is 0.754. The second-order valence-corrected chi connectivity index (χ2v) is 4.75. The lowest BCUT2D eigenvalue weighted by Gasteiger charge is -2.24. The van der Waals surface area contributed by atoms with Crippen molar-refractivity contribution >= 4 is 5.91 Å². The van der Waals surface area contributed by atoms with E-state index in [0.29, 0.717) is 19.6 Å². The predicted octanol–water partition coefficient (Wildman–Crippen LogP) is 1.12. The average Bonchev–Trinajstić information content (AvgIpc) is 2.37. The van der Waals surface area contributed by atoms with Crippen LogP contribution in [-0.2, 0) is 11.2 Å². The van der Waals surface area contributed by atoms with Gasteiger partial charge in [0.05, 0.1) is 12.0 Å². The standard InChI is InChI=1S/C14H19NO3/c1-10(16)6-7-15-14(17)12-8-11-4-2-3-5-13(11)18-9-12/h2-5,10,12,16H,6-9H2,1H3,(H,15,17). The highest BCUT2D eigenvalue weighted by Gasteiger charge is 2.25. The fraction of sp³-hybridized carbons (Fsp3) is 0.500. The first-order chi connectivity index (χ1) is 8.66. The molecule has 98 valence electrons. The van der Waals surface area contributed by atoms with Crippen LogP contribution < -0.4 is 10.1 Å². The molecule has 0 saturated carbocycles. The van der Waals surface area contributed by atoms with Crippen LogP contribution in [-0.4, -0.2) is 30.3 Å². The van der Waals surface area contributed by atoms with Gasteiger partial charge < -0.3 is 15.2 Å². The molecule has 4 heteroatoms. The number of amides is 1. The molecule has 0 fully saturated rings. The van der Waals surface area contributed by atoms with Crippen LogP contribution in [0.25, 0.3) is 0 Å². The molecule has 2 rings (SSSR count). The van der Waals surface area contributed by atoms with Crippen LogP contribution in [0.3, 0.4) is 0 Å². The van der Waals surface area contributed by atoms with Gasteiger partial charge in [0.25, 0.3) is 0 Å². The maximum absolute atomic E-state index is 11.9. The number of carbonyl (C=O) groups excluding carboxylic acids is 1. The zero-order valence-electron chi connectivity index (χ0n) is 10.6. The van der Waals surface area contributed by atoms with E-state index in [0.717, 1.165) is 17.7 Å². The van der Waals surface area contributed by atoms with Gasteiger partial charge in [-0.05, 0) is 31.4 Å². The lowest BCUT2D eigenvalue weighted by Crippen LogP contribution is -2.38. The quantitative estimate of drug-likeness (QED) is 0.841. The molecule has 0 bridgehead atoms. The first-order valence-electron chi connectivity index (χ1n) is 6.33. The summed E-state index contributed by atoms with van der Waals surface area (Å²) in [6.45, 7) is 2.65. The van der Waals surface area contributed by atoms with Crippen molar-refractivity contribution < 1.29 is 14.6 Å². The Morgan fingerprint density at radius 2 is 2.33 bits per heavy atom. The summed E-state index contributed by atoms with van der Waals surface area (Å²) in [5, 5.41) is 12.0. The maximum Gasteiger partial charge on any atom is 0.226 e. The van der Waals surface area contributed by atoms with E-state index < -0.39 is 0 Å². The van der Waals surface area contributed by atoms with E-state index in [1.165, 1.54) is 0 Å². The number of benzene rings is 1. The predicted molar refractivity (Wildman–Crippen MR) is 68.4 cm³/mol. The smallest absolute Gasteiger partial charge is 0.226 e. The van der Waals surface area contributed by atoms with Crippen molar-refractivity contribution in [3.05, 3.63) is 29.8 Å². The Labute approximate surface area is 107 Å². The lowest BCUT2D eigenvalue weighted by molar-refractivity contribution is -0.126. The number of aliphatic hydroxyl groups excluding tert-OH is 1. The van der Waals surface area contributed by atoms with E-state index in [1.54, 1.807) is 6.92 Å². The first kappa shape index (κ1) is 12.9. The summed E-state index contributed by atoms with van der Waals surface area (Å²) in [6, 6.07) is 7.80. The Morgan fingerprint density at radius 3 is 3.11 bits per heavy atom. The summed E-state index contributed by atoms with van der Waals surface area (Å²) >= 11 is 0. The van der Waals surface area contributed by atoms with Crippen LogP contribution in [0.1, 0.15) is 18.9 Å². The van der Waals surface area contributed by atoms with Gasteiger partial charge in [-0.3, -0.25) is 4.79 Å². The number of aliphatic hydroxyl groups is 1. The minimum atomic E-state index is -0.381. The summed E-state index contributed by atoms with van der Waals surface area (Å²) in [6.07, 6.45) is 0.917. The van der Waals surface area contributed by atoms with Gasteiger partial charge in [0.2, 0.25) is 5.91 Å². The van der Waals surface area contributed by atoms with Gasteiger partial charge >= 0.3 is 0 Å². The van der Waals surface area contributed by atoms with Crippen LogP contribution in [0.2, 0.25) is 0 Å². The summed E-state index contributed by atoms with van der Waals surface area (Å²) in [5.41, 5.74) is 1.08. The molecular weight excluding hydrogens is 230 g/mol. The number of hydrogen-bond acceptors (Lipinski definition) is 3. The third-order valence-corrected chi connectivity index (χ3v) is 3.11. The van der Waals surface area contributed by atoms with Crippen LogP contribution in [0.4, 0.5) is 0 Å². The third-order valence-electron chi connectivity index (χ3n) is 3.11. The Kier molecular flexibility index (Phi) is 4.20. The molecule has 1 heterocycles. The molecule has 2 unspecified atom stereocenters. The summed E-state index contributed by atoms with van der Waals surface area (Å²) in [7, 11) is 0. The topological polar surface area (TPSA) is 58.6 Å². The second-order valence-electron chi connectivity index (χ2n) is 4.75. The van der Waals surface area contributed by atoms with Crippen molar-refractivity contribution in [2.24, 2.45) is 5.92 Å². The molecule has 1 aliphatic rings. The molecule has 0 radical (unpaired) electrons. The third kappa shape index (κ3) is 3.23. The van der Waals surface area contributed by atoms with E-state index in [-0.39, 0.29) is 17.9 Å². The zero-order valence-corrected chi connectivity index (χ0v) is 10.6. The van der Waals surface area contributed by atoms with Gasteiger partial charge in [0, 0.05) is 6.54 Å². The van der Waals surface area contributed by atoms with Gasteiger partial charge in [-0.25, -0.2) is 0 Å². The number of ether oxygens (including phenoxy) is 1. The van der Waals surface area contributed by atoms with Gasteiger partial charge in [0.15, 0.2) is 0 Å². The molecule has 1 aromatic rings. The highest BCUT2D eigenvalue weighted by atomic mass is 16.5. The fourth-order valence-corrected chi connectivity index (χ4v) is 2.05. The van der Waals surface area contributed by atoms with Crippen LogP contribution in [0.5, 0.6) is 5.75 Å². The SMILES string of the molecule is CC(O)CCNC(=O)C1COc2ccccc2C1. The molecule has 0 saturated heterocycles. The first-order valence-corrected chi connectivity index (χ1v) is 6.33. The van der Waals surface area contributed by atoms with Crippen molar-refractivity contribution in [2.75, 3.05) is 13.2 Å². The van der Waals surface area contributed by atoms with E-state index >= 15 is 0 Å². The number of carbonyl (C=O) groups is 1. The number of nitrogens with one attached hydrogen (secondary N) is 1. The Hall–Kier alpha value is -1.55. The van der Waals surface area contributed by atoms with Crippen LogP contribution in [0.15, 0.2) is 24.3 Å². The Bertz CT molecular complexity index is 417. The van der Waals surface area contributed by atoms with Crippen molar-refractivity contribution in [1.29, 1.82) is 0 Å². The molecule has 1 aromatic carbocycles. The van der Waals surface area contributed by atoms with Crippen molar-refractivity contribution in [2.45, 2.75) is 25.9 Å². The van der Waals surface area contributed by atoms with Crippen molar-refractivity contribution in [3.63, 3.8) is 0 Å². The maximum atomic E-state index is 11.9. The molecule has 18 heavy (non-hydrogen) atoms. The van der Waals surface area contributed by atoms with E-state index in [4.69, 9.17) is 9.84 Å². The minimum absolute atomic E-state index is 0.00477. The normalized spacial score (nSPS) is 19.6. The molecule has 2 N–H and O–H groups in total. The summed E-state index contributed by atoms with van der Waals surface area (Å²) in [4.78, 5) is 11.9. The fourth-order valence-electron chi connectivity index (χ4n) is 2.05. The molecule has 0 aromatic heterocycles. The number of hydrogen-bond donors (Lipinski definition) is 2. The van der Waals surface area contributed by atoms with Gasteiger partial charge in [0.1, 0.15) is 12.4 Å². The highest BCUT2D eigenvalue weighted by molar-refractivity contribution is 5.79. The van der Waals surface area contributed by atoms with E-state index in [2.05, 4.69) is 5.32 Å². The second kappa shape index (κ2) is 5.87. The molecule has 4 nitrogen and oxygen atoms in total. The zero-order chi connectivity index (χ0) is 13.0. The lowest BCUT2D eigenvalue weighted by atomic mass is 9.96. The van der Waals surface area contributed by atoms with Crippen molar-refractivity contribution in [1.82, 2.24) is 5.32 Å². The van der Waals surface area contributed by atoms with E-state index in [1.807, 2.05) is 24.3 Å². The summed E-state index contributed by atoms with van der Waals surface area (Å²) < 4.78 is 5.57. The molecule has 1 aliphatic heterocycles. The highest BCUT2D eigenvalue weighted by Crippen LogP contribution is 2.26. The van der Waals surface area contributed by atoms with Gasteiger partial charge in [-0.2, -0.15) is 0 Å². The number of fused-ring (bicyclic) bond motifs is 1. The van der Waals surface area contributed by atoms with Crippen molar-refractivity contribution in [3.8, 4) is 5.75 Å². The Morgan fingerprint density at radius 1 is 1.56 bits per heavy atom. The molecule has 0 aliphatic carbocycles. The van der Waals surface area contributed by atoms with Gasteiger partial charge in [-0.1, -0.05) is 18.2 Å². The average molecular weight is 249 g/mol. The number of rotatable bonds is 4. The molecule has 0 spiro atoms. The van der Waals surface area contributed by atoms with Crippen LogP contribution >= 0.6 is 0 Å².